The highest BCUT2D eigenvalue weighted by atomic mass is 35.5. The molecular formula is C13H14ClNO3S. The quantitative estimate of drug-likeness (QED) is 0.858. The van der Waals surface area contributed by atoms with Gasteiger partial charge in [-0.15, -0.1) is 11.8 Å². The van der Waals surface area contributed by atoms with E-state index < -0.39 is 6.10 Å². The molecule has 0 saturated heterocycles. The van der Waals surface area contributed by atoms with Crippen LogP contribution in [-0.2, 0) is 5.75 Å². The van der Waals surface area contributed by atoms with Crippen molar-refractivity contribution in [2.45, 2.75) is 11.9 Å². The fourth-order valence-electron chi connectivity index (χ4n) is 1.49. The zero-order valence-corrected chi connectivity index (χ0v) is 11.7. The van der Waals surface area contributed by atoms with E-state index in [2.05, 4.69) is 4.98 Å². The van der Waals surface area contributed by atoms with Crippen molar-refractivity contribution in [2.24, 2.45) is 0 Å². The molecule has 0 fully saturated rings. The van der Waals surface area contributed by atoms with Crippen LogP contribution in [0.25, 0.3) is 11.3 Å². The highest BCUT2D eigenvalue weighted by molar-refractivity contribution is 7.98. The second kappa shape index (κ2) is 6.96. The Labute approximate surface area is 120 Å². The molecule has 0 aliphatic rings. The molecule has 1 unspecified atom stereocenters. The fraction of sp³-hybridized carbons (Fsp3) is 0.308. The summed E-state index contributed by atoms with van der Waals surface area (Å²) in [5.74, 6) is 2.26. The number of hydrogen-bond donors (Lipinski definition) is 2. The minimum absolute atomic E-state index is 0.230. The van der Waals surface area contributed by atoms with Gasteiger partial charge in [0.25, 0.3) is 0 Å². The van der Waals surface area contributed by atoms with Crippen molar-refractivity contribution in [1.82, 2.24) is 4.98 Å². The molecule has 2 aromatic rings. The van der Waals surface area contributed by atoms with Crippen molar-refractivity contribution < 1.29 is 14.6 Å². The molecule has 2 rings (SSSR count). The molecule has 1 atom stereocenters. The molecule has 0 radical (unpaired) electrons. The first-order valence-corrected chi connectivity index (χ1v) is 7.29. The number of hydrogen-bond acceptors (Lipinski definition) is 5. The van der Waals surface area contributed by atoms with Gasteiger partial charge in [-0.1, -0.05) is 23.7 Å². The van der Waals surface area contributed by atoms with E-state index in [0.29, 0.717) is 28.2 Å². The molecule has 0 amide bonds. The first-order valence-electron chi connectivity index (χ1n) is 5.76. The zero-order valence-electron chi connectivity index (χ0n) is 10.1. The normalized spacial score (nSPS) is 12.6. The summed E-state index contributed by atoms with van der Waals surface area (Å²) in [6, 6.07) is 7.37. The van der Waals surface area contributed by atoms with Gasteiger partial charge < -0.3 is 14.6 Å². The van der Waals surface area contributed by atoms with Crippen LogP contribution in [0.15, 0.2) is 34.9 Å². The van der Waals surface area contributed by atoms with Crippen LogP contribution in [0, 0.1) is 0 Å². The predicted octanol–water partition coefficient (Wildman–Crippen LogP) is 2.58. The predicted molar refractivity (Wildman–Crippen MR) is 76.2 cm³/mol. The van der Waals surface area contributed by atoms with E-state index in [1.54, 1.807) is 12.3 Å². The maximum absolute atomic E-state index is 9.21. The molecule has 0 aliphatic heterocycles. The van der Waals surface area contributed by atoms with E-state index in [1.807, 2.05) is 18.2 Å². The van der Waals surface area contributed by atoms with Crippen molar-refractivity contribution in [2.75, 3.05) is 12.4 Å². The second-order valence-electron chi connectivity index (χ2n) is 3.98. The number of thioether (sulfide) groups is 1. The molecule has 0 bridgehead atoms. The number of aliphatic hydroxyl groups is 2. The Balaban J connectivity index is 1.95. The third kappa shape index (κ3) is 4.24. The van der Waals surface area contributed by atoms with Gasteiger partial charge in [-0.25, -0.2) is 4.98 Å². The molecule has 19 heavy (non-hydrogen) atoms. The number of benzene rings is 1. The summed E-state index contributed by atoms with van der Waals surface area (Å²) in [4.78, 5) is 4.17. The molecule has 1 aromatic carbocycles. The lowest BCUT2D eigenvalue weighted by atomic mass is 10.2. The summed E-state index contributed by atoms with van der Waals surface area (Å²) in [5.41, 5.74) is 0.881. The molecule has 0 aliphatic carbocycles. The minimum atomic E-state index is -0.702. The van der Waals surface area contributed by atoms with Gasteiger partial charge in [0.2, 0.25) is 5.89 Å². The van der Waals surface area contributed by atoms with Gasteiger partial charge >= 0.3 is 0 Å². The van der Waals surface area contributed by atoms with Crippen LogP contribution < -0.4 is 0 Å². The van der Waals surface area contributed by atoms with E-state index in [9.17, 15) is 5.11 Å². The summed E-state index contributed by atoms with van der Waals surface area (Å²) in [6.45, 7) is -0.230. The van der Waals surface area contributed by atoms with Gasteiger partial charge in [0.1, 0.15) is 0 Å². The lowest BCUT2D eigenvalue weighted by Gasteiger charge is -2.04. The first-order chi connectivity index (χ1) is 9.19. The van der Waals surface area contributed by atoms with Crippen LogP contribution in [0.1, 0.15) is 5.89 Å². The summed E-state index contributed by atoms with van der Waals surface area (Å²) in [7, 11) is 0. The van der Waals surface area contributed by atoms with Gasteiger partial charge in [0, 0.05) is 16.3 Å². The van der Waals surface area contributed by atoms with Crippen LogP contribution in [0.2, 0.25) is 5.02 Å². The Morgan fingerprint density at radius 1 is 1.42 bits per heavy atom. The summed E-state index contributed by atoms with van der Waals surface area (Å²) >= 11 is 7.38. The van der Waals surface area contributed by atoms with Crippen molar-refractivity contribution >= 4 is 23.4 Å². The van der Waals surface area contributed by atoms with Crippen LogP contribution >= 0.6 is 23.4 Å². The number of rotatable bonds is 6. The topological polar surface area (TPSA) is 66.5 Å². The van der Waals surface area contributed by atoms with E-state index in [1.165, 1.54) is 11.8 Å². The highest BCUT2D eigenvalue weighted by Crippen LogP contribution is 2.24. The van der Waals surface area contributed by atoms with Crippen LogP contribution in [-0.4, -0.2) is 33.7 Å². The van der Waals surface area contributed by atoms with Crippen LogP contribution in [0.4, 0.5) is 0 Å². The monoisotopic (exact) mass is 299 g/mol. The maximum Gasteiger partial charge on any atom is 0.204 e. The number of aromatic nitrogens is 1. The van der Waals surface area contributed by atoms with Gasteiger partial charge in [-0.05, 0) is 12.1 Å². The van der Waals surface area contributed by atoms with Crippen molar-refractivity contribution in [3.63, 3.8) is 0 Å². The fourth-order valence-corrected chi connectivity index (χ4v) is 2.48. The van der Waals surface area contributed by atoms with Crippen LogP contribution in [0.3, 0.4) is 0 Å². The highest BCUT2D eigenvalue weighted by Gasteiger charge is 2.08. The average Bonchev–Trinajstić information content (AvgIpc) is 2.87. The van der Waals surface area contributed by atoms with E-state index in [4.69, 9.17) is 21.1 Å². The van der Waals surface area contributed by atoms with Gasteiger partial charge in [0.05, 0.1) is 24.7 Å². The van der Waals surface area contributed by atoms with Gasteiger partial charge in [-0.2, -0.15) is 0 Å². The molecular weight excluding hydrogens is 286 g/mol. The largest absolute Gasteiger partial charge is 0.440 e. The number of aliphatic hydroxyl groups excluding tert-OH is 2. The maximum atomic E-state index is 9.21. The van der Waals surface area contributed by atoms with Crippen LogP contribution in [0.5, 0.6) is 0 Å². The van der Waals surface area contributed by atoms with Gasteiger partial charge in [-0.3, -0.25) is 0 Å². The first kappa shape index (κ1) is 14.4. The number of oxazole rings is 1. The third-order valence-electron chi connectivity index (χ3n) is 2.41. The Kier molecular flexibility index (Phi) is 5.27. The number of nitrogens with zero attached hydrogens (tertiary/aromatic N) is 1. The molecule has 0 spiro atoms. The van der Waals surface area contributed by atoms with Gasteiger partial charge in [0.15, 0.2) is 5.76 Å². The minimum Gasteiger partial charge on any atom is -0.440 e. The Hall–Kier alpha value is -1.01. The van der Waals surface area contributed by atoms with E-state index >= 15 is 0 Å². The van der Waals surface area contributed by atoms with Crippen molar-refractivity contribution in [1.29, 1.82) is 0 Å². The smallest absolute Gasteiger partial charge is 0.204 e. The van der Waals surface area contributed by atoms with Crippen molar-refractivity contribution in [3.05, 3.63) is 41.4 Å². The lowest BCUT2D eigenvalue weighted by Crippen LogP contribution is -2.14. The van der Waals surface area contributed by atoms with Crippen molar-refractivity contribution in [3.8, 4) is 11.3 Å². The Morgan fingerprint density at radius 2 is 2.26 bits per heavy atom. The standard InChI is InChI=1S/C13H14ClNO3S/c14-10-3-1-2-9(4-10)12-5-15-13(18-12)8-19-7-11(17)6-16/h1-5,11,16-17H,6-8H2. The summed E-state index contributed by atoms with van der Waals surface area (Å²) < 4.78 is 5.61. The number of halogens is 1. The third-order valence-corrected chi connectivity index (χ3v) is 3.72. The molecule has 6 heteroatoms. The average molecular weight is 300 g/mol. The van der Waals surface area contributed by atoms with E-state index in [-0.39, 0.29) is 6.61 Å². The Bertz CT molecular complexity index is 532. The summed E-state index contributed by atoms with van der Waals surface area (Å²) in [6.07, 6.45) is 0.955. The Morgan fingerprint density at radius 3 is 3.00 bits per heavy atom. The summed E-state index contributed by atoms with van der Waals surface area (Å²) in [5, 5.41) is 18.6. The SMILES string of the molecule is OCC(O)CSCc1ncc(-c2cccc(Cl)c2)o1. The van der Waals surface area contributed by atoms with E-state index in [0.717, 1.165) is 5.56 Å². The lowest BCUT2D eigenvalue weighted by molar-refractivity contribution is 0.113. The molecule has 1 heterocycles. The molecule has 4 nitrogen and oxygen atoms in total. The zero-order chi connectivity index (χ0) is 13.7. The molecule has 1 aromatic heterocycles. The molecule has 2 N–H and O–H groups in total. The molecule has 102 valence electrons. The second-order valence-corrected chi connectivity index (χ2v) is 5.45. The molecule has 0 saturated carbocycles.